The van der Waals surface area contributed by atoms with Crippen LogP contribution < -0.4 is 21.4 Å². The third-order valence-electron chi connectivity index (χ3n) is 6.77. The maximum Gasteiger partial charge on any atom is 0.513 e. The second-order valence-electron chi connectivity index (χ2n) is 9.63. The van der Waals surface area contributed by atoms with Gasteiger partial charge in [-0.2, -0.15) is 0 Å². The average molecular weight is 570 g/mol. The number of hydrogen-bond acceptors (Lipinski definition) is 10. The van der Waals surface area contributed by atoms with E-state index in [0.29, 0.717) is 4.57 Å². The normalized spacial score (nSPS) is 21.7. The molecule has 2 fully saturated rings. The number of β-lactam (4-membered cyclic amide) rings is 1. The number of rotatable bonds is 6. The fourth-order valence-corrected chi connectivity index (χ4v) is 6.63. The molecule has 4 atom stereocenters. The lowest BCUT2D eigenvalue weighted by Crippen LogP contribution is -2.71. The molecular formula is C26H23N3O10S. The molecule has 2 amide bonds. The molecule has 5 rings (SSSR count). The maximum absolute atomic E-state index is 13.7. The first-order valence-corrected chi connectivity index (χ1v) is 12.9. The van der Waals surface area contributed by atoms with Crippen LogP contribution in [0, 0.1) is 0 Å². The van der Waals surface area contributed by atoms with E-state index >= 15 is 0 Å². The molecule has 0 radical (unpaired) electrons. The molecule has 13 nitrogen and oxygen atoms in total. The van der Waals surface area contributed by atoms with E-state index in [-0.39, 0.29) is 22.3 Å². The number of para-hydroxylation sites is 1. The number of ether oxygens (including phenoxy) is 2. The Morgan fingerprint density at radius 2 is 1.77 bits per heavy atom. The predicted octanol–water partition coefficient (Wildman–Crippen LogP) is 1.32. The van der Waals surface area contributed by atoms with E-state index < -0.39 is 63.5 Å². The van der Waals surface area contributed by atoms with Crippen LogP contribution in [-0.2, 0) is 19.1 Å². The minimum atomic E-state index is -1.55. The Morgan fingerprint density at radius 1 is 1.07 bits per heavy atom. The Hall–Kier alpha value is -4.59. The molecule has 0 saturated carbocycles. The van der Waals surface area contributed by atoms with Gasteiger partial charge in [-0.25, -0.2) is 19.0 Å². The first-order chi connectivity index (χ1) is 19.0. The van der Waals surface area contributed by atoms with Crippen LogP contribution in [0.2, 0.25) is 0 Å². The Bertz CT molecular complexity index is 1660. The number of amides is 2. The van der Waals surface area contributed by atoms with Gasteiger partial charge in [0, 0.05) is 4.75 Å². The SMILES string of the molecule is COC(=O)Oc1cccc2c(=O)n([C@@H](C(=O)NC3C(=O)N4C3SC(C)(C)C4C(=O)O)c3ccccc3)c(=O)oc12. The third-order valence-corrected chi connectivity index (χ3v) is 8.34. The molecule has 2 aromatic carbocycles. The third kappa shape index (κ3) is 4.29. The molecule has 3 aromatic rings. The monoisotopic (exact) mass is 569 g/mol. The van der Waals surface area contributed by atoms with E-state index in [1.54, 1.807) is 32.0 Å². The first kappa shape index (κ1) is 27.0. The smallest absolute Gasteiger partial charge is 0.480 e. The van der Waals surface area contributed by atoms with Gasteiger partial charge in [-0.15, -0.1) is 11.8 Å². The van der Waals surface area contributed by atoms with E-state index in [2.05, 4.69) is 10.1 Å². The average Bonchev–Trinajstić information content (AvgIpc) is 3.18. The Balaban J connectivity index is 1.55. The number of aliphatic carboxylic acids is 1. The van der Waals surface area contributed by atoms with Gasteiger partial charge in [0.15, 0.2) is 11.3 Å². The molecule has 14 heteroatoms. The summed E-state index contributed by atoms with van der Waals surface area (Å²) in [6.45, 7) is 3.40. The summed E-state index contributed by atoms with van der Waals surface area (Å²) < 4.78 is 14.6. The number of aromatic nitrogens is 1. The Morgan fingerprint density at radius 3 is 2.42 bits per heavy atom. The lowest BCUT2D eigenvalue weighted by atomic mass is 9.95. The number of thioether (sulfide) groups is 1. The number of carboxylic acid groups (broad SMARTS) is 1. The number of benzene rings is 2. The van der Waals surface area contributed by atoms with Crippen molar-refractivity contribution in [1.82, 2.24) is 14.8 Å². The van der Waals surface area contributed by atoms with Crippen LogP contribution in [0.5, 0.6) is 5.75 Å². The molecule has 3 heterocycles. The highest BCUT2D eigenvalue weighted by molar-refractivity contribution is 8.01. The quantitative estimate of drug-likeness (QED) is 0.249. The van der Waals surface area contributed by atoms with Crippen molar-refractivity contribution in [2.45, 2.75) is 42.1 Å². The van der Waals surface area contributed by atoms with Crippen LogP contribution in [0.1, 0.15) is 25.5 Å². The number of fused-ring (bicyclic) bond motifs is 2. The molecule has 3 unspecified atom stereocenters. The number of carbonyl (C=O) groups is 4. The van der Waals surface area contributed by atoms with E-state index in [1.165, 1.54) is 47.0 Å². The lowest BCUT2D eigenvalue weighted by molar-refractivity contribution is -0.161. The summed E-state index contributed by atoms with van der Waals surface area (Å²) in [6.07, 6.45) is -1.10. The minimum absolute atomic E-state index is 0.155. The molecule has 40 heavy (non-hydrogen) atoms. The Kier molecular flexibility index (Phi) is 6.66. The minimum Gasteiger partial charge on any atom is -0.480 e. The Labute approximate surface area is 229 Å². The lowest BCUT2D eigenvalue weighted by Gasteiger charge is -2.44. The number of hydrogen-bond donors (Lipinski definition) is 2. The van der Waals surface area contributed by atoms with E-state index in [1.807, 2.05) is 0 Å². The fraction of sp³-hybridized carbons (Fsp3) is 0.308. The van der Waals surface area contributed by atoms with Crippen molar-refractivity contribution in [2.24, 2.45) is 0 Å². The van der Waals surface area contributed by atoms with E-state index in [4.69, 9.17) is 9.15 Å². The van der Waals surface area contributed by atoms with E-state index in [9.17, 15) is 33.9 Å². The molecule has 2 saturated heterocycles. The van der Waals surface area contributed by atoms with E-state index in [0.717, 1.165) is 7.11 Å². The van der Waals surface area contributed by atoms with Crippen molar-refractivity contribution in [3.63, 3.8) is 0 Å². The molecule has 1 aromatic heterocycles. The zero-order valence-electron chi connectivity index (χ0n) is 21.4. The summed E-state index contributed by atoms with van der Waals surface area (Å²) in [4.78, 5) is 78.2. The highest BCUT2D eigenvalue weighted by Crippen LogP contribution is 2.50. The van der Waals surface area contributed by atoms with Crippen LogP contribution in [0.3, 0.4) is 0 Å². The number of carboxylic acids is 1. The zero-order chi connectivity index (χ0) is 28.9. The summed E-state index contributed by atoms with van der Waals surface area (Å²) >= 11 is 1.24. The van der Waals surface area contributed by atoms with Crippen molar-refractivity contribution >= 4 is 46.7 Å². The standard InChI is InChI=1S/C26H23N3O10S/c1-26(2)18(23(33)34)29-21(32)15(22(29)40-26)27-19(30)16(12-8-5-4-6-9-12)28-20(31)13-10-7-11-14(38-25(36)37-3)17(13)39-24(28)35/h4-11,15-16,18,22H,1-3H3,(H,27,30)(H,33,34)/t15?,16-,18?,22?/m1/s1. The number of nitrogens with zero attached hydrogens (tertiary/aromatic N) is 2. The van der Waals surface area contributed by atoms with Crippen molar-refractivity contribution in [3.8, 4) is 5.75 Å². The molecule has 2 N–H and O–H groups in total. The topological polar surface area (TPSA) is 174 Å². The second-order valence-corrected chi connectivity index (χ2v) is 11.4. The molecule has 0 aliphatic carbocycles. The molecule has 208 valence electrons. The van der Waals surface area contributed by atoms with Crippen molar-refractivity contribution < 1.29 is 38.2 Å². The predicted molar refractivity (Wildman–Crippen MR) is 140 cm³/mol. The summed E-state index contributed by atoms with van der Waals surface area (Å²) in [6, 6.07) is 8.27. The second kappa shape index (κ2) is 9.86. The van der Waals surface area contributed by atoms with Crippen molar-refractivity contribution in [1.29, 1.82) is 0 Å². The highest BCUT2D eigenvalue weighted by Gasteiger charge is 2.64. The molecular weight excluding hydrogens is 546 g/mol. The largest absolute Gasteiger partial charge is 0.513 e. The highest BCUT2D eigenvalue weighted by atomic mass is 32.2. The molecule has 2 aliphatic heterocycles. The maximum atomic E-state index is 13.7. The number of carbonyl (C=O) groups excluding carboxylic acids is 3. The van der Waals surface area contributed by atoms with Crippen LogP contribution in [0.15, 0.2) is 62.5 Å². The van der Waals surface area contributed by atoms with Gasteiger partial charge in [0.2, 0.25) is 11.8 Å². The van der Waals surface area contributed by atoms with Crippen molar-refractivity contribution in [2.75, 3.05) is 7.11 Å². The summed E-state index contributed by atoms with van der Waals surface area (Å²) in [7, 11) is 1.08. The van der Waals surface area contributed by atoms with Gasteiger partial charge >= 0.3 is 17.9 Å². The summed E-state index contributed by atoms with van der Waals surface area (Å²) in [5.41, 5.74) is -0.975. The van der Waals surface area contributed by atoms with Crippen molar-refractivity contribution in [3.05, 3.63) is 75.0 Å². The zero-order valence-corrected chi connectivity index (χ0v) is 22.2. The number of nitrogens with one attached hydrogen (secondary N) is 1. The van der Waals surface area contributed by atoms with Gasteiger partial charge in [0.05, 0.1) is 12.5 Å². The van der Waals surface area contributed by atoms with Crippen LogP contribution in [0.4, 0.5) is 4.79 Å². The first-order valence-electron chi connectivity index (χ1n) is 12.0. The van der Waals surface area contributed by atoms with Gasteiger partial charge in [-0.1, -0.05) is 36.4 Å². The summed E-state index contributed by atoms with van der Waals surface area (Å²) in [5, 5.41) is 11.5. The van der Waals surface area contributed by atoms with Crippen LogP contribution >= 0.6 is 11.8 Å². The molecule has 0 bridgehead atoms. The van der Waals surface area contributed by atoms with Crippen LogP contribution in [-0.4, -0.2) is 67.8 Å². The molecule has 2 aliphatic rings. The summed E-state index contributed by atoms with van der Waals surface area (Å²) in [5.74, 6) is -4.04. The number of methoxy groups -OCH3 is 1. The van der Waals surface area contributed by atoms with Gasteiger partial charge in [0.1, 0.15) is 23.5 Å². The fourth-order valence-electron chi connectivity index (χ4n) is 5.00. The van der Waals surface area contributed by atoms with Gasteiger partial charge in [-0.3, -0.25) is 14.4 Å². The van der Waals surface area contributed by atoms with Gasteiger partial charge in [0.25, 0.3) is 5.56 Å². The molecule has 0 spiro atoms. The van der Waals surface area contributed by atoms with Gasteiger partial charge in [-0.05, 0) is 31.5 Å². The van der Waals surface area contributed by atoms with Gasteiger partial charge < -0.3 is 29.2 Å². The van der Waals surface area contributed by atoms with Crippen LogP contribution in [0.25, 0.3) is 11.0 Å².